The molecule has 0 atom stereocenters. The van der Waals surface area contributed by atoms with E-state index in [1.165, 1.54) is 43.1 Å². The summed E-state index contributed by atoms with van der Waals surface area (Å²) >= 11 is 3.85. The van der Waals surface area contributed by atoms with Crippen LogP contribution in [0, 0.1) is 0 Å². The molecule has 6 heterocycles. The molecule has 0 N–H and O–H groups in total. The monoisotopic (exact) mass is 1010 g/mol. The first-order chi connectivity index (χ1) is 37.7. The Morgan fingerprint density at radius 3 is 1.01 bits per heavy atom. The van der Waals surface area contributed by atoms with Gasteiger partial charge in [0.2, 0.25) is 0 Å². The molecule has 0 fully saturated rings. The Morgan fingerprint density at radius 1 is 0.289 bits per heavy atom. The van der Waals surface area contributed by atoms with Gasteiger partial charge in [0.05, 0.1) is 33.6 Å². The SMILES string of the molecule is c1ccc(N2c3ccccc3C3(c4ccccc42)c2cc(-c4cccc5c4oc4ccccc45)sc2C2(c4ccccc4N(c4ccccc4)c4ccccc42)c2cc(-c4cccc5c4oc4ccccc45)sc23)cc1. The van der Waals surface area contributed by atoms with E-state index >= 15 is 0 Å². The second-order valence-corrected chi connectivity index (χ2v) is 22.3. The van der Waals surface area contributed by atoms with Crippen LogP contribution in [0.3, 0.4) is 0 Å². The van der Waals surface area contributed by atoms with Crippen molar-refractivity contribution in [1.82, 2.24) is 0 Å². The predicted octanol–water partition coefficient (Wildman–Crippen LogP) is 19.6. The van der Waals surface area contributed by atoms with E-state index in [9.17, 15) is 0 Å². The molecule has 0 unspecified atom stereocenters. The number of rotatable bonds is 4. The third-order valence-electron chi connectivity index (χ3n) is 16.5. The molecule has 76 heavy (non-hydrogen) atoms. The number of thiophene rings is 2. The first-order valence-electron chi connectivity index (χ1n) is 25.9. The van der Waals surface area contributed by atoms with Crippen LogP contribution in [-0.4, -0.2) is 0 Å². The summed E-state index contributed by atoms with van der Waals surface area (Å²) in [6.07, 6.45) is 0. The molecule has 0 radical (unpaired) electrons. The molecule has 0 saturated heterocycles. The van der Waals surface area contributed by atoms with Gasteiger partial charge in [-0.2, -0.15) is 0 Å². The molecule has 17 rings (SSSR count). The van der Waals surface area contributed by atoms with E-state index in [4.69, 9.17) is 8.83 Å². The number of nitrogens with zero attached hydrogens (tertiary/aromatic N) is 2. The van der Waals surface area contributed by atoms with Crippen molar-refractivity contribution in [1.29, 1.82) is 0 Å². The Balaban J connectivity index is 1.07. The summed E-state index contributed by atoms with van der Waals surface area (Å²) in [5.41, 5.74) is 18.5. The molecule has 4 nitrogen and oxygen atoms in total. The molecule has 2 spiro atoms. The lowest BCUT2D eigenvalue weighted by molar-refractivity contribution is 0.634. The van der Waals surface area contributed by atoms with Crippen molar-refractivity contribution < 1.29 is 8.83 Å². The van der Waals surface area contributed by atoms with Gasteiger partial charge in [-0.1, -0.05) is 170 Å². The lowest BCUT2D eigenvalue weighted by Crippen LogP contribution is -2.47. The van der Waals surface area contributed by atoms with E-state index in [2.05, 4.69) is 265 Å². The Hall–Kier alpha value is -9.20. The van der Waals surface area contributed by atoms with Crippen LogP contribution in [0.15, 0.2) is 264 Å². The van der Waals surface area contributed by atoms with Gasteiger partial charge in [0.15, 0.2) is 0 Å². The fourth-order valence-electron chi connectivity index (χ4n) is 13.6. The fourth-order valence-corrected chi connectivity index (χ4v) is 16.5. The smallest absolute Gasteiger partial charge is 0.144 e. The zero-order valence-electron chi connectivity index (χ0n) is 40.8. The maximum absolute atomic E-state index is 6.95. The Kier molecular flexibility index (Phi) is 8.70. The maximum Gasteiger partial charge on any atom is 0.144 e. The molecule has 6 heteroatoms. The summed E-state index contributed by atoms with van der Waals surface area (Å²) in [5.74, 6) is 0. The van der Waals surface area contributed by atoms with Gasteiger partial charge < -0.3 is 18.6 Å². The lowest BCUT2D eigenvalue weighted by atomic mass is 9.53. The molecule has 356 valence electrons. The van der Waals surface area contributed by atoms with Gasteiger partial charge in [0.1, 0.15) is 22.3 Å². The average Bonchev–Trinajstić information content (AvgIpc) is 3.48. The predicted molar refractivity (Wildman–Crippen MR) is 314 cm³/mol. The minimum atomic E-state index is -0.796. The number of anilines is 6. The second-order valence-electron chi connectivity index (χ2n) is 20.2. The summed E-state index contributed by atoms with van der Waals surface area (Å²) < 4.78 is 13.9. The largest absolute Gasteiger partial charge is 0.455 e. The van der Waals surface area contributed by atoms with E-state index < -0.39 is 10.8 Å². The number of hydrogen-bond acceptors (Lipinski definition) is 6. The first kappa shape index (κ1) is 42.2. The number of furan rings is 2. The zero-order valence-corrected chi connectivity index (χ0v) is 42.4. The van der Waals surface area contributed by atoms with Crippen LogP contribution in [-0.2, 0) is 10.8 Å². The van der Waals surface area contributed by atoms with Crippen LogP contribution >= 0.6 is 22.7 Å². The van der Waals surface area contributed by atoms with E-state index in [0.29, 0.717) is 0 Å². The molecule has 2 aliphatic heterocycles. The molecule has 3 aliphatic rings. The summed E-state index contributed by atoms with van der Waals surface area (Å²) in [6, 6.07) is 93.9. The third kappa shape index (κ3) is 5.41. The average molecular weight is 1010 g/mol. The molecule has 4 aromatic heterocycles. The van der Waals surface area contributed by atoms with Crippen LogP contribution in [0.1, 0.15) is 43.1 Å². The highest BCUT2D eigenvalue weighted by Crippen LogP contribution is 2.71. The van der Waals surface area contributed by atoms with Crippen molar-refractivity contribution in [3.05, 3.63) is 298 Å². The molecular weight excluding hydrogens is 965 g/mol. The number of fused-ring (bicyclic) bond motifs is 20. The Labute approximate surface area is 446 Å². The van der Waals surface area contributed by atoms with Crippen LogP contribution in [0.5, 0.6) is 0 Å². The van der Waals surface area contributed by atoms with Gasteiger partial charge in [0, 0.05) is 63.6 Å². The van der Waals surface area contributed by atoms with Crippen molar-refractivity contribution in [3.8, 4) is 20.9 Å². The van der Waals surface area contributed by atoms with Gasteiger partial charge in [-0.3, -0.25) is 0 Å². The van der Waals surface area contributed by atoms with Crippen LogP contribution in [0.4, 0.5) is 34.1 Å². The minimum absolute atomic E-state index is 0.796. The Morgan fingerprint density at radius 2 is 0.618 bits per heavy atom. The van der Waals surface area contributed by atoms with Gasteiger partial charge in [-0.05, 0) is 118 Å². The zero-order chi connectivity index (χ0) is 49.7. The summed E-state index contributed by atoms with van der Waals surface area (Å²) in [5, 5.41) is 4.47. The molecule has 1 aliphatic carbocycles. The van der Waals surface area contributed by atoms with E-state index in [-0.39, 0.29) is 0 Å². The summed E-state index contributed by atoms with van der Waals surface area (Å²) in [7, 11) is 0. The second kappa shape index (κ2) is 15.7. The standard InChI is InChI=1S/C70H42N2O2S2/c1-3-21-43(22-4-1)71-57-35-13-9-31-51(57)69(52-32-10-14-36-58(52)71)55-41-63(49-29-19-27-47-45-25-7-17-39-61(45)73-65(47)49)76-68(55)70(53-33-11-15-37-59(53)72(44-23-5-2-6-24-44)60-38-16-12-34-54(60)70)56-42-64(75-67(56)69)50-30-20-28-48-46-26-8-18-40-62(46)74-66(48)50/h1-42H. The summed E-state index contributed by atoms with van der Waals surface area (Å²) in [6.45, 7) is 0. The normalized spacial score (nSPS) is 14.5. The molecule has 0 bridgehead atoms. The summed E-state index contributed by atoms with van der Waals surface area (Å²) in [4.78, 5) is 9.87. The molecule has 10 aromatic carbocycles. The van der Waals surface area contributed by atoms with Gasteiger partial charge in [-0.25, -0.2) is 0 Å². The number of para-hydroxylation sites is 10. The van der Waals surface area contributed by atoms with Crippen molar-refractivity contribution in [2.45, 2.75) is 10.8 Å². The molecule has 14 aromatic rings. The number of hydrogen-bond donors (Lipinski definition) is 0. The maximum atomic E-state index is 6.95. The van der Waals surface area contributed by atoms with Gasteiger partial charge in [0.25, 0.3) is 0 Å². The first-order valence-corrected chi connectivity index (χ1v) is 27.5. The van der Waals surface area contributed by atoms with Crippen LogP contribution in [0.2, 0.25) is 0 Å². The minimum Gasteiger partial charge on any atom is -0.455 e. The lowest BCUT2D eigenvalue weighted by Gasteiger charge is -2.53. The topological polar surface area (TPSA) is 32.8 Å². The van der Waals surface area contributed by atoms with Crippen molar-refractivity contribution in [3.63, 3.8) is 0 Å². The highest BCUT2D eigenvalue weighted by Gasteiger charge is 2.61. The van der Waals surface area contributed by atoms with Crippen molar-refractivity contribution in [2.24, 2.45) is 0 Å². The highest BCUT2D eigenvalue weighted by molar-refractivity contribution is 7.17. The third-order valence-corrected chi connectivity index (χ3v) is 19.1. The van der Waals surface area contributed by atoms with Crippen molar-refractivity contribution in [2.75, 3.05) is 9.80 Å². The van der Waals surface area contributed by atoms with E-state index in [0.717, 1.165) is 98.9 Å². The van der Waals surface area contributed by atoms with Crippen LogP contribution in [0.25, 0.3) is 64.8 Å². The van der Waals surface area contributed by atoms with Crippen molar-refractivity contribution >= 4 is 101 Å². The van der Waals surface area contributed by atoms with E-state index in [1.54, 1.807) is 0 Å². The molecule has 0 amide bonds. The number of benzene rings is 10. The van der Waals surface area contributed by atoms with Crippen LogP contribution < -0.4 is 9.80 Å². The van der Waals surface area contributed by atoms with Gasteiger partial charge >= 0.3 is 0 Å². The Bertz CT molecular complexity index is 4250. The molecule has 0 saturated carbocycles. The highest BCUT2D eigenvalue weighted by atomic mass is 32.1. The molecular formula is C70H42N2O2S2. The van der Waals surface area contributed by atoms with E-state index in [1.807, 2.05) is 22.7 Å². The fraction of sp³-hybridized carbons (Fsp3) is 0.0286. The quantitative estimate of drug-likeness (QED) is 0.176. The van der Waals surface area contributed by atoms with Gasteiger partial charge in [-0.15, -0.1) is 22.7 Å².